The lowest BCUT2D eigenvalue weighted by Gasteiger charge is -2.30. The Labute approximate surface area is 178 Å². The molecule has 31 heavy (non-hydrogen) atoms. The molecule has 1 aliphatic rings. The monoisotopic (exact) mass is 419 g/mol. The molecule has 0 radical (unpaired) electrons. The maximum Gasteiger partial charge on any atom is 0.290 e. The number of para-hydroxylation sites is 1. The molecule has 1 fully saturated rings. The van der Waals surface area contributed by atoms with Crippen molar-refractivity contribution in [2.24, 2.45) is 0 Å². The van der Waals surface area contributed by atoms with Gasteiger partial charge >= 0.3 is 0 Å². The Morgan fingerprint density at radius 2 is 2.06 bits per heavy atom. The number of benzene rings is 2. The molecule has 0 saturated carbocycles. The van der Waals surface area contributed by atoms with E-state index in [1.165, 1.54) is 0 Å². The van der Waals surface area contributed by atoms with Crippen LogP contribution in [0.2, 0.25) is 0 Å². The number of aromatic nitrogens is 2. The zero-order valence-electron chi connectivity index (χ0n) is 17.2. The topological polar surface area (TPSA) is 90.8 Å². The molecule has 8 heteroatoms. The fourth-order valence-corrected chi connectivity index (χ4v) is 3.75. The summed E-state index contributed by atoms with van der Waals surface area (Å²) >= 11 is 0. The van der Waals surface area contributed by atoms with Crippen LogP contribution in [0.1, 0.15) is 28.1 Å². The second kappa shape index (κ2) is 7.88. The van der Waals surface area contributed by atoms with Gasteiger partial charge in [0.05, 0.1) is 20.3 Å². The van der Waals surface area contributed by atoms with E-state index in [0.29, 0.717) is 48.5 Å². The van der Waals surface area contributed by atoms with E-state index in [2.05, 4.69) is 10.1 Å². The molecule has 0 unspecified atom stereocenters. The Hall–Kier alpha value is -3.65. The van der Waals surface area contributed by atoms with Crippen molar-refractivity contribution in [3.63, 3.8) is 0 Å². The Bertz CT molecular complexity index is 1240. The average Bonchev–Trinajstić information content (AvgIpc) is 3.44. The summed E-state index contributed by atoms with van der Waals surface area (Å²) in [4.78, 5) is 19.3. The fourth-order valence-electron chi connectivity index (χ4n) is 3.75. The number of carbonyl (C=O) groups is 1. The largest absolute Gasteiger partial charge is 0.497 e. The number of morpholine rings is 1. The van der Waals surface area contributed by atoms with Gasteiger partial charge in [-0.3, -0.25) is 4.79 Å². The summed E-state index contributed by atoms with van der Waals surface area (Å²) < 4.78 is 22.4. The van der Waals surface area contributed by atoms with E-state index in [-0.39, 0.29) is 5.91 Å². The van der Waals surface area contributed by atoms with Gasteiger partial charge in [0.2, 0.25) is 5.82 Å². The highest BCUT2D eigenvalue weighted by molar-refractivity contribution is 5.99. The Balaban J connectivity index is 1.36. The third-order valence-electron chi connectivity index (χ3n) is 5.44. The van der Waals surface area contributed by atoms with Crippen LogP contribution in [0.3, 0.4) is 0 Å². The highest BCUT2D eigenvalue weighted by atomic mass is 16.5. The number of nitrogens with zero attached hydrogens (tertiary/aromatic N) is 3. The first-order chi connectivity index (χ1) is 15.1. The minimum atomic E-state index is -0.505. The molecule has 4 aromatic rings. The Kier molecular flexibility index (Phi) is 4.91. The summed E-state index contributed by atoms with van der Waals surface area (Å²) in [5.74, 6) is 1.65. The van der Waals surface area contributed by atoms with Crippen molar-refractivity contribution in [1.29, 1.82) is 0 Å². The molecule has 2 aromatic heterocycles. The van der Waals surface area contributed by atoms with E-state index in [1.807, 2.05) is 55.5 Å². The van der Waals surface area contributed by atoms with Crippen molar-refractivity contribution in [3.8, 4) is 17.1 Å². The molecule has 8 nitrogen and oxygen atoms in total. The van der Waals surface area contributed by atoms with Crippen LogP contribution < -0.4 is 4.74 Å². The molecule has 0 spiro atoms. The standard InChI is InChI=1S/C23H21N3O5/c1-14-17-8-3-4-9-18(17)30-20(14)23(27)26-10-11-29-19(13-26)22-24-21(25-31-22)15-6-5-7-16(12-15)28-2/h3-9,12,19H,10-11,13H2,1-2H3/t19-/m1/s1. The molecule has 2 aromatic carbocycles. The average molecular weight is 419 g/mol. The second-order valence-corrected chi connectivity index (χ2v) is 7.35. The molecular formula is C23H21N3O5. The van der Waals surface area contributed by atoms with Crippen molar-refractivity contribution in [3.05, 3.63) is 65.7 Å². The van der Waals surface area contributed by atoms with Crippen molar-refractivity contribution < 1.29 is 23.2 Å². The normalized spacial score (nSPS) is 16.6. The SMILES string of the molecule is COc1cccc(-c2noc([C@H]3CN(C(=O)c4oc5ccccc5c4C)CCO3)n2)c1. The molecule has 1 atom stereocenters. The molecule has 1 amide bonds. The predicted molar refractivity (Wildman–Crippen MR) is 112 cm³/mol. The highest BCUT2D eigenvalue weighted by Crippen LogP contribution is 2.29. The number of aryl methyl sites for hydroxylation is 1. The molecule has 0 bridgehead atoms. The maximum absolute atomic E-state index is 13.2. The Morgan fingerprint density at radius 3 is 2.90 bits per heavy atom. The summed E-state index contributed by atoms with van der Waals surface area (Å²) in [6.45, 7) is 3.03. The van der Waals surface area contributed by atoms with Crippen LogP contribution in [-0.2, 0) is 4.74 Å². The van der Waals surface area contributed by atoms with Crippen LogP contribution in [0, 0.1) is 6.92 Å². The molecule has 3 heterocycles. The van der Waals surface area contributed by atoms with Gasteiger partial charge in [0, 0.05) is 23.1 Å². The number of fused-ring (bicyclic) bond motifs is 1. The van der Waals surface area contributed by atoms with Crippen molar-refractivity contribution in [2.45, 2.75) is 13.0 Å². The first-order valence-electron chi connectivity index (χ1n) is 10.0. The van der Waals surface area contributed by atoms with Gasteiger partial charge in [-0.1, -0.05) is 35.5 Å². The van der Waals surface area contributed by atoms with E-state index in [9.17, 15) is 4.79 Å². The lowest BCUT2D eigenvalue weighted by molar-refractivity contribution is -0.0374. The van der Waals surface area contributed by atoms with Gasteiger partial charge in [-0.25, -0.2) is 0 Å². The zero-order chi connectivity index (χ0) is 21.4. The van der Waals surface area contributed by atoms with Crippen LogP contribution in [0.25, 0.3) is 22.4 Å². The number of hydrogen-bond donors (Lipinski definition) is 0. The summed E-state index contributed by atoms with van der Waals surface area (Å²) in [7, 11) is 1.60. The van der Waals surface area contributed by atoms with Crippen LogP contribution in [0.4, 0.5) is 0 Å². The van der Waals surface area contributed by atoms with E-state index >= 15 is 0 Å². The smallest absolute Gasteiger partial charge is 0.290 e. The van der Waals surface area contributed by atoms with Gasteiger partial charge in [0.25, 0.3) is 11.8 Å². The molecule has 1 saturated heterocycles. The number of hydrogen-bond acceptors (Lipinski definition) is 7. The van der Waals surface area contributed by atoms with Gasteiger partial charge in [-0.15, -0.1) is 0 Å². The van der Waals surface area contributed by atoms with Crippen LogP contribution >= 0.6 is 0 Å². The predicted octanol–water partition coefficient (Wildman–Crippen LogP) is 4.01. The first-order valence-corrected chi connectivity index (χ1v) is 10.0. The van der Waals surface area contributed by atoms with Crippen molar-refractivity contribution in [2.75, 3.05) is 26.8 Å². The molecule has 158 valence electrons. The van der Waals surface area contributed by atoms with Crippen LogP contribution in [0.15, 0.2) is 57.5 Å². The van der Waals surface area contributed by atoms with Gasteiger partial charge in [-0.2, -0.15) is 4.98 Å². The first kappa shape index (κ1) is 19.3. The number of methoxy groups -OCH3 is 1. The van der Waals surface area contributed by atoms with Gasteiger partial charge in [-0.05, 0) is 25.1 Å². The lowest BCUT2D eigenvalue weighted by atomic mass is 10.1. The van der Waals surface area contributed by atoms with E-state index in [4.69, 9.17) is 18.4 Å². The summed E-state index contributed by atoms with van der Waals surface area (Å²) in [6.07, 6.45) is -0.505. The number of amides is 1. The summed E-state index contributed by atoms with van der Waals surface area (Å²) in [5.41, 5.74) is 2.31. The number of ether oxygens (including phenoxy) is 2. The number of furan rings is 1. The third-order valence-corrected chi connectivity index (χ3v) is 5.44. The summed E-state index contributed by atoms with van der Waals surface area (Å²) in [6, 6.07) is 15.0. The van der Waals surface area contributed by atoms with Gasteiger partial charge in [0.1, 0.15) is 11.3 Å². The quantitative estimate of drug-likeness (QED) is 0.493. The number of carbonyl (C=O) groups excluding carboxylic acids is 1. The molecule has 0 N–H and O–H groups in total. The van der Waals surface area contributed by atoms with Gasteiger partial charge in [0.15, 0.2) is 11.9 Å². The van der Waals surface area contributed by atoms with Gasteiger partial charge < -0.3 is 23.3 Å². The second-order valence-electron chi connectivity index (χ2n) is 7.35. The van der Waals surface area contributed by atoms with Crippen molar-refractivity contribution >= 4 is 16.9 Å². The highest BCUT2D eigenvalue weighted by Gasteiger charge is 2.32. The maximum atomic E-state index is 13.2. The molecule has 0 aliphatic carbocycles. The summed E-state index contributed by atoms with van der Waals surface area (Å²) in [5, 5.41) is 5.00. The molecular weight excluding hydrogens is 398 g/mol. The Morgan fingerprint density at radius 1 is 1.19 bits per heavy atom. The van der Waals surface area contributed by atoms with E-state index in [1.54, 1.807) is 12.0 Å². The van der Waals surface area contributed by atoms with Crippen LogP contribution in [0.5, 0.6) is 5.75 Å². The minimum Gasteiger partial charge on any atom is -0.497 e. The fraction of sp³-hybridized carbons (Fsp3) is 0.261. The van der Waals surface area contributed by atoms with E-state index in [0.717, 1.165) is 16.5 Å². The van der Waals surface area contributed by atoms with E-state index < -0.39 is 6.10 Å². The molecule has 1 aliphatic heterocycles. The zero-order valence-corrected chi connectivity index (χ0v) is 17.2. The minimum absolute atomic E-state index is 0.172. The third kappa shape index (κ3) is 3.55. The molecule has 5 rings (SSSR count). The van der Waals surface area contributed by atoms with Crippen LogP contribution in [-0.4, -0.2) is 47.8 Å². The lowest BCUT2D eigenvalue weighted by Crippen LogP contribution is -2.42. The number of rotatable bonds is 4. The van der Waals surface area contributed by atoms with Crippen molar-refractivity contribution in [1.82, 2.24) is 15.0 Å².